The van der Waals surface area contributed by atoms with Crippen molar-refractivity contribution in [3.63, 3.8) is 0 Å². The fraction of sp³-hybridized carbons (Fsp3) is 0.375. The molecule has 0 heterocycles. The van der Waals surface area contributed by atoms with E-state index in [1.165, 1.54) is 20.4 Å². The topological polar surface area (TPSA) is 65.1 Å². The second-order valence-corrected chi connectivity index (χ2v) is 5.60. The van der Waals surface area contributed by atoms with Crippen LogP contribution in [-0.2, 0) is 9.53 Å². The summed E-state index contributed by atoms with van der Waals surface area (Å²) in [5, 5.41) is 0. The number of hydrogen-bond donors (Lipinski definition) is 0. The van der Waals surface area contributed by atoms with Gasteiger partial charge in [0.1, 0.15) is 17.1 Å². The highest BCUT2D eigenvalue weighted by Gasteiger charge is 2.25. The van der Waals surface area contributed by atoms with E-state index in [9.17, 15) is 9.59 Å². The monoisotopic (exact) mass is 385 g/mol. The molecule has 0 amide bonds. The van der Waals surface area contributed by atoms with E-state index >= 15 is 0 Å². The van der Waals surface area contributed by atoms with Crippen molar-refractivity contribution in [1.29, 1.82) is 0 Å². The van der Waals surface area contributed by atoms with Gasteiger partial charge in [0, 0.05) is 26.4 Å². The Kier molecular flexibility index (Phi) is 7.09. The van der Waals surface area contributed by atoms with Crippen LogP contribution >= 0.6 is 15.9 Å². The smallest absolute Gasteiger partial charge is 0.343 e. The number of rotatable bonds is 7. The van der Waals surface area contributed by atoms with E-state index < -0.39 is 11.8 Å². The maximum absolute atomic E-state index is 12.8. The Balaban J connectivity index is 3.39. The zero-order valence-corrected chi connectivity index (χ0v) is 15.4. The van der Waals surface area contributed by atoms with Gasteiger partial charge in [-0.05, 0) is 28.9 Å². The van der Waals surface area contributed by atoms with Crippen molar-refractivity contribution in [2.75, 3.05) is 34.9 Å². The molecule has 0 aliphatic heterocycles. The number of esters is 1. The van der Waals surface area contributed by atoms with Gasteiger partial charge in [-0.15, -0.1) is 0 Å². The third-order valence-corrected chi connectivity index (χ3v) is 3.47. The average Bonchev–Trinajstić information content (AvgIpc) is 2.51. The first-order chi connectivity index (χ1) is 10.8. The summed E-state index contributed by atoms with van der Waals surface area (Å²) in [6, 6.07) is 3.14. The molecule has 0 aromatic heterocycles. The van der Waals surface area contributed by atoms with Crippen LogP contribution in [0.25, 0.3) is 0 Å². The van der Waals surface area contributed by atoms with Gasteiger partial charge < -0.3 is 19.1 Å². The van der Waals surface area contributed by atoms with Crippen molar-refractivity contribution in [3.8, 4) is 11.5 Å². The molecule has 1 rings (SSSR count). The predicted octanol–water partition coefficient (Wildman–Crippen LogP) is 2.66. The number of carbonyl (C=O) groups is 2. The molecule has 0 fully saturated rings. The number of benzene rings is 1. The van der Waals surface area contributed by atoms with Gasteiger partial charge in [-0.2, -0.15) is 0 Å². The standard InChI is InChI=1S/C16H20BrNO5/c1-6-23-16(20)11(9-18(2)3)15(19)10-7-12(17)14(22-5)8-13(10)21-4/h7-9H,6H2,1-5H3/b11-9+. The fourth-order valence-electron chi connectivity index (χ4n) is 1.85. The summed E-state index contributed by atoms with van der Waals surface area (Å²) in [5.41, 5.74) is 0.161. The third kappa shape index (κ3) is 4.72. The van der Waals surface area contributed by atoms with Gasteiger partial charge >= 0.3 is 5.97 Å². The molecule has 0 N–H and O–H groups in total. The molecule has 0 unspecified atom stereocenters. The molecule has 1 aromatic carbocycles. The molecular weight excluding hydrogens is 366 g/mol. The highest BCUT2D eigenvalue weighted by atomic mass is 79.9. The quantitative estimate of drug-likeness (QED) is 0.236. The van der Waals surface area contributed by atoms with Crippen molar-refractivity contribution in [2.45, 2.75) is 6.92 Å². The van der Waals surface area contributed by atoms with E-state index in [-0.39, 0.29) is 17.7 Å². The van der Waals surface area contributed by atoms with E-state index in [4.69, 9.17) is 14.2 Å². The summed E-state index contributed by atoms with van der Waals surface area (Å²) >= 11 is 3.33. The Morgan fingerprint density at radius 3 is 2.26 bits per heavy atom. The van der Waals surface area contributed by atoms with E-state index in [0.29, 0.717) is 16.0 Å². The van der Waals surface area contributed by atoms with Crippen molar-refractivity contribution in [2.24, 2.45) is 0 Å². The first-order valence-electron chi connectivity index (χ1n) is 6.87. The van der Waals surface area contributed by atoms with Gasteiger partial charge in [0.25, 0.3) is 0 Å². The molecule has 0 aliphatic carbocycles. The van der Waals surface area contributed by atoms with Gasteiger partial charge in [0.2, 0.25) is 5.78 Å². The van der Waals surface area contributed by atoms with Crippen molar-refractivity contribution < 1.29 is 23.8 Å². The summed E-state index contributed by atoms with van der Waals surface area (Å²) < 4.78 is 16.0. The minimum Gasteiger partial charge on any atom is -0.496 e. The van der Waals surface area contributed by atoms with Gasteiger partial charge in [0.15, 0.2) is 0 Å². The Labute approximate surface area is 144 Å². The molecule has 0 spiro atoms. The Hall–Kier alpha value is -2.02. The number of nitrogens with zero attached hydrogens (tertiary/aromatic N) is 1. The van der Waals surface area contributed by atoms with Crippen molar-refractivity contribution in [3.05, 3.63) is 33.9 Å². The van der Waals surface area contributed by atoms with Crippen molar-refractivity contribution in [1.82, 2.24) is 4.90 Å². The molecule has 23 heavy (non-hydrogen) atoms. The maximum atomic E-state index is 12.8. The zero-order chi connectivity index (χ0) is 17.6. The summed E-state index contributed by atoms with van der Waals surface area (Å²) in [4.78, 5) is 26.5. The molecule has 1 aromatic rings. The predicted molar refractivity (Wildman–Crippen MR) is 90.0 cm³/mol. The normalized spacial score (nSPS) is 11.0. The maximum Gasteiger partial charge on any atom is 0.343 e. The van der Waals surface area contributed by atoms with Gasteiger partial charge in [-0.25, -0.2) is 4.79 Å². The van der Waals surface area contributed by atoms with E-state index in [1.807, 2.05) is 0 Å². The molecule has 0 saturated heterocycles. The van der Waals surface area contributed by atoms with Crippen LogP contribution in [0.4, 0.5) is 0 Å². The van der Waals surface area contributed by atoms with Crippen molar-refractivity contribution >= 4 is 27.7 Å². The Morgan fingerprint density at radius 1 is 1.17 bits per heavy atom. The number of halogens is 1. The Morgan fingerprint density at radius 2 is 1.78 bits per heavy atom. The number of Topliss-reactive ketones (excluding diaryl/α,β-unsaturated/α-hetero) is 1. The summed E-state index contributed by atoms with van der Waals surface area (Å²) in [6.45, 7) is 1.86. The van der Waals surface area contributed by atoms with E-state index in [0.717, 1.165) is 0 Å². The van der Waals surface area contributed by atoms with E-state index in [1.54, 1.807) is 38.1 Å². The molecule has 0 radical (unpaired) electrons. The van der Waals surface area contributed by atoms with Crippen LogP contribution in [0.2, 0.25) is 0 Å². The molecule has 7 heteroatoms. The van der Waals surface area contributed by atoms with Crippen LogP contribution < -0.4 is 9.47 Å². The lowest BCUT2D eigenvalue weighted by Crippen LogP contribution is -2.20. The second-order valence-electron chi connectivity index (χ2n) is 4.74. The third-order valence-electron chi connectivity index (χ3n) is 2.85. The fourth-order valence-corrected chi connectivity index (χ4v) is 2.36. The first kappa shape index (κ1) is 19.0. The number of methoxy groups -OCH3 is 2. The van der Waals surface area contributed by atoms with Gasteiger partial charge in [-0.3, -0.25) is 4.79 Å². The second kappa shape index (κ2) is 8.57. The van der Waals surface area contributed by atoms with Crippen LogP contribution in [-0.4, -0.2) is 51.6 Å². The SMILES string of the molecule is CCOC(=O)/C(=C/N(C)C)C(=O)c1cc(Br)c(OC)cc1OC. The molecule has 126 valence electrons. The first-order valence-corrected chi connectivity index (χ1v) is 7.66. The molecule has 0 bridgehead atoms. The largest absolute Gasteiger partial charge is 0.496 e. The summed E-state index contributed by atoms with van der Waals surface area (Å²) in [6.07, 6.45) is 1.43. The molecule has 0 saturated carbocycles. The number of ketones is 1. The van der Waals surface area contributed by atoms with Crippen LogP contribution in [0.5, 0.6) is 11.5 Å². The zero-order valence-electron chi connectivity index (χ0n) is 13.8. The lowest BCUT2D eigenvalue weighted by atomic mass is 10.0. The highest BCUT2D eigenvalue weighted by molar-refractivity contribution is 9.10. The number of carbonyl (C=O) groups excluding carboxylic acids is 2. The Bertz CT molecular complexity index is 625. The van der Waals surface area contributed by atoms with Crippen LogP contribution in [0.3, 0.4) is 0 Å². The minimum atomic E-state index is -0.680. The van der Waals surface area contributed by atoms with Gasteiger partial charge in [0.05, 0.1) is 30.9 Å². The lowest BCUT2D eigenvalue weighted by Gasteiger charge is -2.14. The molecule has 6 nitrogen and oxygen atoms in total. The highest BCUT2D eigenvalue weighted by Crippen LogP contribution is 2.34. The van der Waals surface area contributed by atoms with Crippen LogP contribution in [0.15, 0.2) is 28.4 Å². The summed E-state index contributed by atoms with van der Waals surface area (Å²) in [7, 11) is 6.39. The van der Waals surface area contributed by atoms with E-state index in [2.05, 4.69) is 15.9 Å². The number of hydrogen-bond acceptors (Lipinski definition) is 6. The van der Waals surface area contributed by atoms with Crippen LogP contribution in [0, 0.1) is 0 Å². The average molecular weight is 386 g/mol. The summed E-state index contributed by atoms with van der Waals surface area (Å²) in [5.74, 6) is -0.339. The lowest BCUT2D eigenvalue weighted by molar-refractivity contribution is -0.138. The van der Waals surface area contributed by atoms with Gasteiger partial charge in [-0.1, -0.05) is 0 Å². The molecular formula is C16H20BrNO5. The minimum absolute atomic E-state index is 0.0767. The molecule has 0 atom stereocenters. The number of ether oxygens (including phenoxy) is 3. The molecule has 0 aliphatic rings. The van der Waals surface area contributed by atoms with Crippen LogP contribution in [0.1, 0.15) is 17.3 Å².